The van der Waals surface area contributed by atoms with Crippen LogP contribution in [0.1, 0.15) is 63.2 Å². The van der Waals surface area contributed by atoms with E-state index in [4.69, 9.17) is 23.9 Å². The molecule has 1 unspecified atom stereocenters. The van der Waals surface area contributed by atoms with Crippen molar-refractivity contribution < 1.29 is 28.7 Å². The van der Waals surface area contributed by atoms with Gasteiger partial charge in [0.2, 0.25) is 5.75 Å². The summed E-state index contributed by atoms with van der Waals surface area (Å²) in [6.07, 6.45) is 3.81. The topological polar surface area (TPSA) is 136 Å². The molecule has 3 aromatic carbocycles. The Kier molecular flexibility index (Phi) is 14.1. The van der Waals surface area contributed by atoms with E-state index in [1.807, 2.05) is 38.1 Å². The van der Waals surface area contributed by atoms with Crippen LogP contribution in [0.15, 0.2) is 54.6 Å². The number of hydrogen-bond donors (Lipinski definition) is 1. The number of carbonyl (C=O) groups is 1. The van der Waals surface area contributed by atoms with Crippen LogP contribution in [-0.2, 0) is 4.74 Å². The molecule has 0 spiro atoms. The van der Waals surface area contributed by atoms with Gasteiger partial charge in [-0.25, -0.2) is 4.98 Å². The number of anilines is 1. The zero-order valence-electron chi connectivity index (χ0n) is 32.5. The van der Waals surface area contributed by atoms with Gasteiger partial charge in [0, 0.05) is 62.7 Å². The smallest absolute Gasteiger partial charge is 0.323 e. The van der Waals surface area contributed by atoms with Gasteiger partial charge in [-0.3, -0.25) is 14.9 Å². The molecule has 0 aliphatic carbocycles. The molecule has 296 valence electrons. The third kappa shape index (κ3) is 9.83. The molecule has 2 aliphatic rings. The Morgan fingerprint density at radius 2 is 1.73 bits per heavy atom. The van der Waals surface area contributed by atoms with Crippen molar-refractivity contribution in [3.05, 3.63) is 70.3 Å². The van der Waals surface area contributed by atoms with E-state index in [0.717, 1.165) is 92.3 Å². The number of aromatic amines is 1. The van der Waals surface area contributed by atoms with Gasteiger partial charge in [-0.15, -0.1) is 11.8 Å². The van der Waals surface area contributed by atoms with Crippen LogP contribution in [-0.4, -0.2) is 114 Å². The summed E-state index contributed by atoms with van der Waals surface area (Å²) < 4.78 is 23.4. The minimum Gasteiger partial charge on any atom is -0.497 e. The van der Waals surface area contributed by atoms with E-state index in [9.17, 15) is 14.9 Å². The largest absolute Gasteiger partial charge is 0.497 e. The van der Waals surface area contributed by atoms with Gasteiger partial charge in [-0.05, 0) is 93.8 Å². The van der Waals surface area contributed by atoms with Gasteiger partial charge in [-0.2, -0.15) is 0 Å². The average Bonchev–Trinajstić information content (AvgIpc) is 3.88. The first kappa shape index (κ1) is 40.1. The van der Waals surface area contributed by atoms with E-state index in [2.05, 4.69) is 39.9 Å². The summed E-state index contributed by atoms with van der Waals surface area (Å²) in [5.74, 6) is 2.38. The van der Waals surface area contributed by atoms with E-state index in [1.165, 1.54) is 24.9 Å². The number of fused-ring (bicyclic) bond motifs is 1. The lowest BCUT2D eigenvalue weighted by atomic mass is 10.1. The summed E-state index contributed by atoms with van der Waals surface area (Å²) in [5, 5.41) is 12.4. The van der Waals surface area contributed by atoms with E-state index in [1.54, 1.807) is 16.7 Å². The van der Waals surface area contributed by atoms with Crippen molar-refractivity contribution in [2.75, 3.05) is 76.9 Å². The number of methoxy groups -OCH3 is 1. The number of rotatable bonds is 19. The Labute approximate surface area is 327 Å². The van der Waals surface area contributed by atoms with Crippen LogP contribution in [0.3, 0.4) is 0 Å². The number of nitrogens with one attached hydrogen (secondary N) is 1. The van der Waals surface area contributed by atoms with Gasteiger partial charge in [0.15, 0.2) is 0 Å². The number of likely N-dealkylation sites (N-methyl/N-ethyl adjacent to an activating group) is 1. The van der Waals surface area contributed by atoms with Crippen molar-refractivity contribution in [3.63, 3.8) is 0 Å². The summed E-state index contributed by atoms with van der Waals surface area (Å²) in [4.78, 5) is 40.7. The number of imidazole rings is 1. The number of nitro benzene ring substituents is 1. The molecule has 2 atom stereocenters. The SMILES string of the molecule is CCOC(SCC)[C@@H]1CCCN1C(=O)c1cc(OC)cc(OCCCCCOc2ccc(-c3nc4ccc(N5CCN(CC)CC5)cc4[nH]3)cc2)c1[N+](=O)[O-]. The lowest BCUT2D eigenvalue weighted by molar-refractivity contribution is -0.386. The fraction of sp³-hybridized carbons (Fsp3) is 0.512. The highest BCUT2D eigenvalue weighted by Crippen LogP contribution is 2.39. The fourth-order valence-electron chi connectivity index (χ4n) is 7.36. The van der Waals surface area contributed by atoms with Crippen molar-refractivity contribution in [1.82, 2.24) is 19.8 Å². The molecule has 0 saturated carbocycles. The molecule has 14 heteroatoms. The Bertz CT molecular complexity index is 1870. The van der Waals surface area contributed by atoms with Gasteiger partial charge in [0.25, 0.3) is 5.91 Å². The Morgan fingerprint density at radius 3 is 2.42 bits per heavy atom. The highest BCUT2D eigenvalue weighted by Gasteiger charge is 2.39. The lowest BCUT2D eigenvalue weighted by Crippen LogP contribution is -2.46. The number of carbonyl (C=O) groups excluding carboxylic acids is 1. The number of ether oxygens (including phenoxy) is 4. The second kappa shape index (κ2) is 19.4. The summed E-state index contributed by atoms with van der Waals surface area (Å²) in [6.45, 7) is 13.3. The number of piperazine rings is 1. The number of amides is 1. The Balaban J connectivity index is 0.990. The molecule has 1 amide bonds. The number of benzene rings is 3. The minimum atomic E-state index is -0.534. The number of nitrogens with zero attached hydrogens (tertiary/aromatic N) is 5. The molecule has 0 bridgehead atoms. The summed E-state index contributed by atoms with van der Waals surface area (Å²) in [6, 6.07) is 17.1. The summed E-state index contributed by atoms with van der Waals surface area (Å²) in [7, 11) is 1.47. The van der Waals surface area contributed by atoms with Crippen LogP contribution in [0, 0.1) is 10.1 Å². The van der Waals surface area contributed by atoms with Crippen LogP contribution in [0.4, 0.5) is 11.4 Å². The monoisotopic (exact) mass is 774 g/mol. The number of unbranched alkanes of at least 4 members (excludes halogenated alkanes) is 2. The Hall–Kier alpha value is -4.53. The highest BCUT2D eigenvalue weighted by molar-refractivity contribution is 7.99. The third-order valence-electron chi connectivity index (χ3n) is 10.3. The number of nitro groups is 1. The van der Waals surface area contributed by atoms with Crippen LogP contribution in [0.25, 0.3) is 22.4 Å². The van der Waals surface area contributed by atoms with Crippen molar-refractivity contribution in [3.8, 4) is 28.6 Å². The number of hydrogen-bond acceptors (Lipinski definition) is 11. The van der Waals surface area contributed by atoms with Gasteiger partial charge in [0.05, 0.1) is 42.3 Å². The number of H-pyrrole nitrogens is 1. The lowest BCUT2D eigenvalue weighted by Gasteiger charge is -2.35. The molecule has 1 N–H and O–H groups in total. The van der Waals surface area contributed by atoms with Crippen LogP contribution < -0.4 is 19.1 Å². The number of aromatic nitrogens is 2. The van der Waals surface area contributed by atoms with Gasteiger partial charge in [0.1, 0.15) is 28.3 Å². The van der Waals surface area contributed by atoms with Gasteiger partial charge in [-0.1, -0.05) is 13.8 Å². The van der Waals surface area contributed by atoms with Gasteiger partial charge < -0.3 is 38.6 Å². The molecule has 3 heterocycles. The second-order valence-electron chi connectivity index (χ2n) is 13.8. The van der Waals surface area contributed by atoms with Crippen molar-refractivity contribution in [2.45, 2.75) is 64.4 Å². The Morgan fingerprint density at radius 1 is 0.964 bits per heavy atom. The second-order valence-corrected chi connectivity index (χ2v) is 15.1. The molecule has 6 rings (SSSR count). The maximum absolute atomic E-state index is 13.9. The molecule has 55 heavy (non-hydrogen) atoms. The molecule has 13 nitrogen and oxygen atoms in total. The van der Waals surface area contributed by atoms with Crippen molar-refractivity contribution in [1.29, 1.82) is 0 Å². The molecule has 0 radical (unpaired) electrons. The predicted octanol–water partition coefficient (Wildman–Crippen LogP) is 7.64. The number of thioether (sulfide) groups is 1. The van der Waals surface area contributed by atoms with Crippen LogP contribution in [0.2, 0.25) is 0 Å². The maximum Gasteiger partial charge on any atom is 0.323 e. The minimum absolute atomic E-state index is 0.0273. The zero-order valence-corrected chi connectivity index (χ0v) is 33.3. The molecule has 2 aliphatic heterocycles. The van der Waals surface area contributed by atoms with Crippen molar-refractivity contribution >= 4 is 40.1 Å². The zero-order chi connectivity index (χ0) is 38.7. The normalized spacial score (nSPS) is 16.8. The fourth-order valence-corrected chi connectivity index (χ4v) is 8.42. The van der Waals surface area contributed by atoms with E-state index in [-0.39, 0.29) is 35.1 Å². The first-order valence-electron chi connectivity index (χ1n) is 19.6. The maximum atomic E-state index is 13.9. The average molecular weight is 775 g/mol. The van der Waals surface area contributed by atoms with E-state index < -0.39 is 10.8 Å². The third-order valence-corrected chi connectivity index (χ3v) is 11.4. The molecule has 4 aromatic rings. The first-order valence-corrected chi connectivity index (χ1v) is 20.6. The highest BCUT2D eigenvalue weighted by atomic mass is 32.2. The van der Waals surface area contributed by atoms with Crippen molar-refractivity contribution in [2.24, 2.45) is 0 Å². The summed E-state index contributed by atoms with van der Waals surface area (Å²) in [5.41, 5.74) is 3.61. The molecule has 1 aromatic heterocycles. The molecule has 2 saturated heterocycles. The van der Waals surface area contributed by atoms with E-state index >= 15 is 0 Å². The standard InChI is InChI=1S/C41H54N6O7S/c1-5-44-20-22-45(23-21-44)30-15-18-34-35(26-30)43-39(42-34)29-13-16-31(17-14-29)53-24-9-8-10-25-54-37-28-32(51-4)27-33(38(37)47(49)50)40(48)46-19-11-12-36(46)41(52-6-2)55-7-3/h13-18,26-28,36,41H,5-12,19-25H2,1-4H3,(H,42,43)/t36-,41?/m0/s1. The van der Waals surface area contributed by atoms with Crippen LogP contribution in [0.5, 0.6) is 17.2 Å². The molecular formula is C41H54N6O7S. The van der Waals surface area contributed by atoms with E-state index in [0.29, 0.717) is 31.9 Å². The quantitative estimate of drug-likeness (QED) is 0.0436. The van der Waals surface area contributed by atoms with Crippen LogP contribution >= 0.6 is 11.8 Å². The van der Waals surface area contributed by atoms with Gasteiger partial charge >= 0.3 is 5.69 Å². The number of likely N-dealkylation sites (tertiary alicyclic amines) is 1. The predicted molar refractivity (Wildman–Crippen MR) is 218 cm³/mol. The summed E-state index contributed by atoms with van der Waals surface area (Å²) >= 11 is 1.64. The first-order chi connectivity index (χ1) is 26.8. The molecular weight excluding hydrogens is 721 g/mol. The molecule has 2 fully saturated rings.